The van der Waals surface area contributed by atoms with Crippen LogP contribution in [0, 0.1) is 11.3 Å². The van der Waals surface area contributed by atoms with E-state index in [1.807, 2.05) is 72.9 Å². The van der Waals surface area contributed by atoms with Gasteiger partial charge in [0.2, 0.25) is 0 Å². The smallest absolute Gasteiger partial charge is 0.252 e. The lowest BCUT2D eigenvalue weighted by molar-refractivity contribution is 0.0938. The van der Waals surface area contributed by atoms with Gasteiger partial charge in [0.1, 0.15) is 11.8 Å². The molecule has 0 radical (unpaired) electrons. The summed E-state index contributed by atoms with van der Waals surface area (Å²) in [5, 5.41) is 17.8. The number of aromatic amines is 1. The molecule has 1 fully saturated rings. The molecule has 3 aromatic carbocycles. The van der Waals surface area contributed by atoms with E-state index < -0.39 is 0 Å². The van der Waals surface area contributed by atoms with E-state index in [1.165, 1.54) is 0 Å². The number of nitrogens with one attached hydrogen (secondary N) is 3. The summed E-state index contributed by atoms with van der Waals surface area (Å²) >= 11 is 0. The summed E-state index contributed by atoms with van der Waals surface area (Å²) < 4.78 is 5.63. The van der Waals surface area contributed by atoms with E-state index in [2.05, 4.69) is 26.7 Å². The van der Waals surface area contributed by atoms with E-state index in [-0.39, 0.29) is 11.9 Å². The number of pyridine rings is 1. The topological polar surface area (TPSA) is 103 Å². The van der Waals surface area contributed by atoms with Crippen molar-refractivity contribution in [3.63, 3.8) is 0 Å². The number of benzene rings is 3. The quantitative estimate of drug-likeness (QED) is 0.208. The number of hydrogen-bond acceptors (Lipinski definition) is 5. The Hall–Kier alpha value is -5.09. The molecule has 1 aliphatic rings. The summed E-state index contributed by atoms with van der Waals surface area (Å²) in [5.74, 6) is 0.606. The zero-order chi connectivity index (χ0) is 27.5. The van der Waals surface area contributed by atoms with Crippen molar-refractivity contribution < 1.29 is 9.53 Å². The molecule has 7 nitrogen and oxygen atoms in total. The summed E-state index contributed by atoms with van der Waals surface area (Å²) in [5.41, 5.74) is 6.53. The monoisotopic (exact) mass is 527 g/mol. The first-order valence-corrected chi connectivity index (χ1v) is 13.5. The lowest BCUT2D eigenvalue weighted by Crippen LogP contribution is -2.32. The number of amides is 1. The van der Waals surface area contributed by atoms with E-state index in [0.717, 1.165) is 59.2 Å². The Bertz CT molecular complexity index is 1740. The number of para-hydroxylation sites is 1. The molecular weight excluding hydrogens is 498 g/mol. The standard InChI is InChI=1S/C33H29N5O2/c1-40-31-9-5-4-8-26(31)21-10-12-27(33(39)38-24-6-2-3-7-24)28(17-21)29-20-35-19-23(18-34)32(29)37-25-11-13-30-22(16-25)14-15-36-30/h4-5,8-17,19-20,24,36H,2-3,6-7H2,1H3,(H,35,37)(H,38,39). The number of nitrogens with zero attached hydrogens (tertiary/aromatic N) is 2. The number of nitriles is 1. The summed E-state index contributed by atoms with van der Waals surface area (Å²) in [4.78, 5) is 21.3. The second-order valence-electron chi connectivity index (χ2n) is 10.0. The fourth-order valence-corrected chi connectivity index (χ4v) is 5.51. The molecule has 0 spiro atoms. The fourth-order valence-electron chi connectivity index (χ4n) is 5.51. The van der Waals surface area contributed by atoms with Gasteiger partial charge in [-0.15, -0.1) is 0 Å². The fraction of sp³-hybridized carbons (Fsp3) is 0.182. The van der Waals surface area contributed by atoms with Crippen molar-refractivity contribution in [3.05, 3.63) is 96.4 Å². The largest absolute Gasteiger partial charge is 0.496 e. The first-order valence-electron chi connectivity index (χ1n) is 13.5. The molecule has 2 heterocycles. The molecule has 1 saturated carbocycles. The van der Waals surface area contributed by atoms with Crippen LogP contribution < -0.4 is 15.4 Å². The Morgan fingerprint density at radius 3 is 2.67 bits per heavy atom. The lowest BCUT2D eigenvalue weighted by Gasteiger charge is -2.19. The normalized spacial score (nSPS) is 13.2. The highest BCUT2D eigenvalue weighted by atomic mass is 16.5. The van der Waals surface area contributed by atoms with Crippen molar-refractivity contribution in [1.82, 2.24) is 15.3 Å². The summed E-state index contributed by atoms with van der Waals surface area (Å²) in [6.07, 6.45) is 9.37. The Morgan fingerprint density at radius 2 is 1.85 bits per heavy atom. The van der Waals surface area contributed by atoms with Crippen LogP contribution in [0.15, 0.2) is 85.3 Å². The minimum atomic E-state index is -0.129. The van der Waals surface area contributed by atoms with Crippen molar-refractivity contribution in [2.75, 3.05) is 12.4 Å². The first kappa shape index (κ1) is 25.2. The zero-order valence-corrected chi connectivity index (χ0v) is 22.2. The highest BCUT2D eigenvalue weighted by molar-refractivity contribution is 6.04. The van der Waals surface area contributed by atoms with Gasteiger partial charge in [-0.05, 0) is 66.4 Å². The lowest BCUT2D eigenvalue weighted by atomic mass is 9.92. The minimum Gasteiger partial charge on any atom is -0.496 e. The Kier molecular flexibility index (Phi) is 6.90. The van der Waals surface area contributed by atoms with Gasteiger partial charge in [-0.2, -0.15) is 5.26 Å². The van der Waals surface area contributed by atoms with Crippen LogP contribution in [0.4, 0.5) is 11.4 Å². The van der Waals surface area contributed by atoms with Gasteiger partial charge in [0.05, 0.1) is 18.4 Å². The molecule has 2 aromatic heterocycles. The predicted octanol–water partition coefficient (Wildman–Crippen LogP) is 7.19. The minimum absolute atomic E-state index is 0.129. The molecule has 198 valence electrons. The number of fused-ring (bicyclic) bond motifs is 1. The Morgan fingerprint density at radius 1 is 1.00 bits per heavy atom. The number of methoxy groups -OCH3 is 1. The molecule has 0 atom stereocenters. The van der Waals surface area contributed by atoms with Crippen molar-refractivity contribution in [2.45, 2.75) is 31.7 Å². The Labute approximate surface area is 232 Å². The van der Waals surface area contributed by atoms with E-state index in [9.17, 15) is 10.1 Å². The van der Waals surface area contributed by atoms with Gasteiger partial charge in [0, 0.05) is 57.9 Å². The number of hydrogen-bond donors (Lipinski definition) is 3. The number of carbonyl (C=O) groups excluding carboxylic acids is 1. The predicted molar refractivity (Wildman–Crippen MR) is 158 cm³/mol. The van der Waals surface area contributed by atoms with Crippen molar-refractivity contribution in [2.24, 2.45) is 0 Å². The maximum absolute atomic E-state index is 13.7. The van der Waals surface area contributed by atoms with E-state index in [0.29, 0.717) is 27.9 Å². The van der Waals surface area contributed by atoms with E-state index in [1.54, 1.807) is 19.5 Å². The van der Waals surface area contributed by atoms with Crippen LogP contribution in [0.1, 0.15) is 41.6 Å². The molecular formula is C33H29N5O2. The van der Waals surface area contributed by atoms with Crippen LogP contribution >= 0.6 is 0 Å². The third-order valence-electron chi connectivity index (χ3n) is 7.55. The molecule has 40 heavy (non-hydrogen) atoms. The number of carbonyl (C=O) groups is 1. The molecule has 6 rings (SSSR count). The number of anilines is 2. The van der Waals surface area contributed by atoms with Gasteiger partial charge in [-0.3, -0.25) is 9.78 Å². The molecule has 1 amide bonds. The van der Waals surface area contributed by atoms with Crippen LogP contribution in [0.25, 0.3) is 33.2 Å². The van der Waals surface area contributed by atoms with Gasteiger partial charge in [0.15, 0.2) is 0 Å². The molecule has 0 saturated heterocycles. The maximum Gasteiger partial charge on any atom is 0.252 e. The molecule has 3 N–H and O–H groups in total. The summed E-state index contributed by atoms with van der Waals surface area (Å²) in [7, 11) is 1.65. The third-order valence-corrected chi connectivity index (χ3v) is 7.55. The maximum atomic E-state index is 13.7. The van der Waals surface area contributed by atoms with Crippen LogP contribution in [0.3, 0.4) is 0 Å². The number of rotatable bonds is 7. The Balaban J connectivity index is 1.50. The highest BCUT2D eigenvalue weighted by Gasteiger charge is 2.23. The molecule has 7 heteroatoms. The van der Waals surface area contributed by atoms with Crippen molar-refractivity contribution in [1.29, 1.82) is 5.26 Å². The van der Waals surface area contributed by atoms with Crippen molar-refractivity contribution >= 4 is 28.2 Å². The van der Waals surface area contributed by atoms with Crippen LogP contribution in [0.2, 0.25) is 0 Å². The van der Waals surface area contributed by atoms with Gasteiger partial charge in [0.25, 0.3) is 5.91 Å². The van der Waals surface area contributed by atoms with Gasteiger partial charge < -0.3 is 20.4 Å². The number of aromatic nitrogens is 2. The molecule has 1 aliphatic carbocycles. The summed E-state index contributed by atoms with van der Waals surface area (Å²) in [6, 6.07) is 24.0. The van der Waals surface area contributed by atoms with Crippen molar-refractivity contribution in [3.8, 4) is 34.1 Å². The number of H-pyrrole nitrogens is 1. The third kappa shape index (κ3) is 4.87. The highest BCUT2D eigenvalue weighted by Crippen LogP contribution is 2.39. The molecule has 0 bridgehead atoms. The van der Waals surface area contributed by atoms with Gasteiger partial charge >= 0.3 is 0 Å². The second kappa shape index (κ2) is 11.0. The van der Waals surface area contributed by atoms with Gasteiger partial charge in [-0.25, -0.2) is 0 Å². The average Bonchev–Trinajstić information content (AvgIpc) is 3.69. The molecule has 0 unspecified atom stereocenters. The SMILES string of the molecule is COc1ccccc1-c1ccc(C(=O)NC2CCCC2)c(-c2cncc(C#N)c2Nc2ccc3[nH]ccc3c2)c1. The average molecular weight is 528 g/mol. The van der Waals surface area contributed by atoms with Gasteiger partial charge in [-0.1, -0.05) is 37.1 Å². The first-order chi connectivity index (χ1) is 19.6. The van der Waals surface area contributed by atoms with Crippen LogP contribution in [-0.4, -0.2) is 29.0 Å². The van der Waals surface area contributed by atoms with E-state index >= 15 is 0 Å². The number of ether oxygens (including phenoxy) is 1. The van der Waals surface area contributed by atoms with E-state index in [4.69, 9.17) is 4.74 Å². The zero-order valence-electron chi connectivity index (χ0n) is 22.2. The molecule has 0 aliphatic heterocycles. The van der Waals surface area contributed by atoms with Crippen LogP contribution in [-0.2, 0) is 0 Å². The molecule has 5 aromatic rings. The van der Waals surface area contributed by atoms with Crippen LogP contribution in [0.5, 0.6) is 5.75 Å². The second-order valence-corrected chi connectivity index (χ2v) is 10.0. The summed E-state index contributed by atoms with van der Waals surface area (Å²) in [6.45, 7) is 0.